The van der Waals surface area contributed by atoms with Crippen molar-refractivity contribution in [3.05, 3.63) is 64.2 Å². The summed E-state index contributed by atoms with van der Waals surface area (Å²) in [5.41, 5.74) is 7.57. The van der Waals surface area contributed by atoms with E-state index in [0.29, 0.717) is 6.61 Å². The smallest absolute Gasteiger partial charge is 0.127 e. The first-order valence-electron chi connectivity index (χ1n) is 6.65. The molecular weight excluding hydrogens is 232 g/mol. The lowest BCUT2D eigenvalue weighted by molar-refractivity contribution is 0.365. The highest BCUT2D eigenvalue weighted by Crippen LogP contribution is 2.32. The van der Waals surface area contributed by atoms with E-state index in [2.05, 4.69) is 63.2 Å². The minimum absolute atomic E-state index is 0.653. The van der Waals surface area contributed by atoms with Crippen molar-refractivity contribution in [1.29, 1.82) is 0 Å². The van der Waals surface area contributed by atoms with Crippen LogP contribution in [0.5, 0.6) is 5.75 Å². The Morgan fingerprint density at radius 3 is 2.42 bits per heavy atom. The molecule has 0 saturated heterocycles. The fraction of sp³-hybridized carbons (Fsp3) is 0.222. The van der Waals surface area contributed by atoms with Gasteiger partial charge in [0, 0.05) is 5.56 Å². The number of benzene rings is 2. The van der Waals surface area contributed by atoms with Gasteiger partial charge >= 0.3 is 0 Å². The summed E-state index contributed by atoms with van der Waals surface area (Å²) in [4.78, 5) is 0. The molecule has 0 aromatic heterocycles. The average Bonchev–Trinajstić information content (AvgIpc) is 2.38. The van der Waals surface area contributed by atoms with Crippen molar-refractivity contribution in [2.75, 3.05) is 6.61 Å². The first-order valence-corrected chi connectivity index (χ1v) is 6.65. The van der Waals surface area contributed by atoms with E-state index < -0.39 is 0 Å². The van der Waals surface area contributed by atoms with Crippen LogP contribution in [0.15, 0.2) is 36.4 Å². The molecule has 1 aliphatic heterocycles. The second kappa shape index (κ2) is 4.58. The van der Waals surface area contributed by atoms with Crippen LogP contribution in [0.4, 0.5) is 0 Å². The fourth-order valence-corrected chi connectivity index (χ4v) is 2.60. The Morgan fingerprint density at radius 1 is 0.895 bits per heavy atom. The Morgan fingerprint density at radius 2 is 1.63 bits per heavy atom. The summed E-state index contributed by atoms with van der Waals surface area (Å²) in [6, 6.07) is 12.9. The molecule has 1 aliphatic rings. The number of hydrogen-bond donors (Lipinski definition) is 0. The van der Waals surface area contributed by atoms with Crippen molar-refractivity contribution in [3.63, 3.8) is 0 Å². The molecule has 0 radical (unpaired) electrons. The van der Waals surface area contributed by atoms with Gasteiger partial charge in [-0.1, -0.05) is 35.9 Å². The highest BCUT2D eigenvalue weighted by molar-refractivity contribution is 5.86. The van der Waals surface area contributed by atoms with E-state index >= 15 is 0 Å². The van der Waals surface area contributed by atoms with Crippen molar-refractivity contribution >= 4 is 11.6 Å². The van der Waals surface area contributed by atoms with Gasteiger partial charge in [-0.15, -0.1) is 0 Å². The van der Waals surface area contributed by atoms with Crippen LogP contribution in [0.2, 0.25) is 0 Å². The first-order chi connectivity index (χ1) is 9.13. The van der Waals surface area contributed by atoms with E-state index in [0.717, 1.165) is 5.75 Å². The molecule has 1 heterocycles. The summed E-state index contributed by atoms with van der Waals surface area (Å²) in [7, 11) is 0. The lowest BCUT2D eigenvalue weighted by Gasteiger charge is -2.20. The van der Waals surface area contributed by atoms with Gasteiger partial charge in [0.25, 0.3) is 0 Å². The van der Waals surface area contributed by atoms with Crippen molar-refractivity contribution in [3.8, 4) is 5.75 Å². The summed E-state index contributed by atoms with van der Waals surface area (Å²) >= 11 is 0. The topological polar surface area (TPSA) is 9.23 Å². The molecule has 3 rings (SSSR count). The van der Waals surface area contributed by atoms with Crippen LogP contribution in [-0.4, -0.2) is 6.61 Å². The molecule has 19 heavy (non-hydrogen) atoms. The molecule has 0 atom stereocenters. The maximum Gasteiger partial charge on any atom is 0.127 e. The zero-order chi connectivity index (χ0) is 13.4. The van der Waals surface area contributed by atoms with Gasteiger partial charge in [-0.05, 0) is 55.2 Å². The van der Waals surface area contributed by atoms with E-state index in [1.54, 1.807) is 0 Å². The van der Waals surface area contributed by atoms with E-state index in [-0.39, 0.29) is 0 Å². The molecule has 2 aromatic carbocycles. The summed E-state index contributed by atoms with van der Waals surface area (Å²) in [6.07, 6.45) is 2.25. The van der Waals surface area contributed by atoms with Gasteiger partial charge in [-0.25, -0.2) is 0 Å². The zero-order valence-electron chi connectivity index (χ0n) is 11.7. The van der Waals surface area contributed by atoms with E-state index in [1.165, 1.54) is 33.4 Å². The van der Waals surface area contributed by atoms with Gasteiger partial charge in [-0.2, -0.15) is 0 Å². The van der Waals surface area contributed by atoms with Crippen LogP contribution >= 0.6 is 0 Å². The van der Waals surface area contributed by atoms with Crippen molar-refractivity contribution in [2.45, 2.75) is 20.8 Å². The Balaban J connectivity index is 2.05. The molecule has 0 N–H and O–H groups in total. The maximum atomic E-state index is 5.89. The van der Waals surface area contributed by atoms with Crippen LogP contribution < -0.4 is 4.74 Å². The molecule has 0 unspecified atom stereocenters. The van der Waals surface area contributed by atoms with Crippen LogP contribution in [0.1, 0.15) is 27.8 Å². The minimum Gasteiger partial charge on any atom is -0.488 e. The molecule has 2 aromatic rings. The third-order valence-electron chi connectivity index (χ3n) is 3.61. The number of rotatable bonds is 1. The summed E-state index contributed by atoms with van der Waals surface area (Å²) in [5, 5.41) is 0. The normalized spacial score (nSPS) is 13.5. The third-order valence-corrected chi connectivity index (χ3v) is 3.61. The monoisotopic (exact) mass is 250 g/mol. The maximum absolute atomic E-state index is 5.89. The molecule has 0 spiro atoms. The molecular formula is C18H18O. The molecule has 1 nitrogen and oxygen atoms in total. The van der Waals surface area contributed by atoms with Crippen LogP contribution in [0.25, 0.3) is 11.6 Å². The second-order valence-corrected chi connectivity index (χ2v) is 5.32. The number of ether oxygens (including phenoxy) is 1. The summed E-state index contributed by atoms with van der Waals surface area (Å²) < 4.78 is 5.89. The Hall–Kier alpha value is -2.02. The van der Waals surface area contributed by atoms with Gasteiger partial charge in [0.2, 0.25) is 0 Å². The van der Waals surface area contributed by atoms with Crippen LogP contribution in [0, 0.1) is 20.8 Å². The largest absolute Gasteiger partial charge is 0.488 e. The van der Waals surface area contributed by atoms with Gasteiger partial charge in [-0.3, -0.25) is 0 Å². The quantitative estimate of drug-likeness (QED) is 0.721. The SMILES string of the molecule is Cc1ccc(C2=Cc3ccc(C)cc3OC2)c(C)c1. The Bertz CT molecular complexity index is 665. The van der Waals surface area contributed by atoms with Crippen molar-refractivity contribution in [2.24, 2.45) is 0 Å². The highest BCUT2D eigenvalue weighted by Gasteiger charge is 2.14. The number of fused-ring (bicyclic) bond motifs is 1. The molecule has 0 saturated carbocycles. The van der Waals surface area contributed by atoms with Gasteiger partial charge in [0.05, 0.1) is 0 Å². The molecule has 0 amide bonds. The highest BCUT2D eigenvalue weighted by atomic mass is 16.5. The molecule has 0 aliphatic carbocycles. The number of hydrogen-bond acceptors (Lipinski definition) is 1. The fourth-order valence-electron chi connectivity index (χ4n) is 2.60. The molecule has 96 valence electrons. The van der Waals surface area contributed by atoms with E-state index in [1.807, 2.05) is 0 Å². The predicted octanol–water partition coefficient (Wildman–Crippen LogP) is 4.54. The Kier molecular flexibility index (Phi) is 2.90. The molecule has 0 bridgehead atoms. The van der Waals surface area contributed by atoms with Crippen LogP contribution in [-0.2, 0) is 0 Å². The number of aryl methyl sites for hydroxylation is 3. The molecule has 1 heteroatoms. The Labute approximate surface area is 114 Å². The standard InChI is InChI=1S/C18H18O/c1-12-5-7-17(14(3)8-12)16-10-15-6-4-13(2)9-18(15)19-11-16/h4-10H,11H2,1-3H3. The van der Waals surface area contributed by atoms with Crippen LogP contribution in [0.3, 0.4) is 0 Å². The average molecular weight is 250 g/mol. The van der Waals surface area contributed by atoms with E-state index in [9.17, 15) is 0 Å². The van der Waals surface area contributed by atoms with Gasteiger partial charge in [0.15, 0.2) is 0 Å². The lowest BCUT2D eigenvalue weighted by Crippen LogP contribution is -2.07. The third kappa shape index (κ3) is 2.28. The second-order valence-electron chi connectivity index (χ2n) is 5.32. The summed E-state index contributed by atoms with van der Waals surface area (Å²) in [5.74, 6) is 0.994. The van der Waals surface area contributed by atoms with Gasteiger partial charge in [0.1, 0.15) is 12.4 Å². The van der Waals surface area contributed by atoms with E-state index in [4.69, 9.17) is 4.74 Å². The van der Waals surface area contributed by atoms with Crippen molar-refractivity contribution in [1.82, 2.24) is 0 Å². The lowest BCUT2D eigenvalue weighted by atomic mass is 9.95. The zero-order valence-corrected chi connectivity index (χ0v) is 11.7. The van der Waals surface area contributed by atoms with Gasteiger partial charge < -0.3 is 4.74 Å². The predicted molar refractivity (Wildman–Crippen MR) is 80.5 cm³/mol. The summed E-state index contributed by atoms with van der Waals surface area (Å²) in [6.45, 7) is 7.03. The van der Waals surface area contributed by atoms with Crippen molar-refractivity contribution < 1.29 is 4.74 Å². The first kappa shape index (κ1) is 12.0. The minimum atomic E-state index is 0.653. The molecule has 0 fully saturated rings.